The maximum atomic E-state index is 12.1. The monoisotopic (exact) mass is 341 g/mol. The van der Waals surface area contributed by atoms with Crippen LogP contribution in [-0.2, 0) is 19.5 Å². The molecule has 4 rings (SSSR count). The zero-order valence-corrected chi connectivity index (χ0v) is 13.7. The van der Waals surface area contributed by atoms with Crippen molar-refractivity contribution < 1.29 is 0 Å². The highest BCUT2D eigenvalue weighted by atomic mass is 35.5. The number of nitrogen functional groups attached to an aromatic ring is 1. The van der Waals surface area contributed by atoms with Crippen molar-refractivity contribution in [1.82, 2.24) is 19.9 Å². The summed E-state index contributed by atoms with van der Waals surface area (Å²) >= 11 is 6.34. The number of para-hydroxylation sites is 1. The molecule has 1 aliphatic rings. The van der Waals surface area contributed by atoms with Crippen molar-refractivity contribution in [2.24, 2.45) is 0 Å². The summed E-state index contributed by atoms with van der Waals surface area (Å²) in [6.07, 6.45) is 0.697. The van der Waals surface area contributed by atoms with Crippen LogP contribution in [0.3, 0.4) is 0 Å². The minimum Gasteiger partial charge on any atom is -0.369 e. The average molecular weight is 342 g/mol. The lowest BCUT2D eigenvalue weighted by molar-refractivity contribution is 0.242. The highest BCUT2D eigenvalue weighted by molar-refractivity contribution is 6.30. The lowest BCUT2D eigenvalue weighted by Gasteiger charge is -2.27. The molecule has 0 amide bonds. The first-order valence-electron chi connectivity index (χ1n) is 7.74. The number of hydrogen-bond acceptors (Lipinski definition) is 5. The van der Waals surface area contributed by atoms with Crippen molar-refractivity contribution in [3.8, 4) is 0 Å². The maximum absolute atomic E-state index is 12.1. The molecule has 24 heavy (non-hydrogen) atoms. The van der Waals surface area contributed by atoms with Crippen molar-refractivity contribution in [2.45, 2.75) is 19.5 Å². The molecule has 1 aromatic carbocycles. The van der Waals surface area contributed by atoms with E-state index < -0.39 is 0 Å². The van der Waals surface area contributed by atoms with Gasteiger partial charge in [0.2, 0.25) is 5.95 Å². The molecule has 1 aliphatic heterocycles. The number of halogens is 1. The zero-order chi connectivity index (χ0) is 16.7. The Morgan fingerprint density at radius 2 is 2.12 bits per heavy atom. The van der Waals surface area contributed by atoms with E-state index in [1.807, 2.05) is 24.3 Å². The van der Waals surface area contributed by atoms with Gasteiger partial charge in [-0.05, 0) is 12.1 Å². The summed E-state index contributed by atoms with van der Waals surface area (Å²) in [5.41, 5.74) is 8.75. The first-order chi connectivity index (χ1) is 11.6. The molecule has 0 saturated carbocycles. The minimum atomic E-state index is -0.162. The number of hydrogen-bond donors (Lipinski definition) is 2. The number of rotatable bonds is 2. The number of H-pyrrole nitrogens is 1. The molecule has 3 aromatic rings. The summed E-state index contributed by atoms with van der Waals surface area (Å²) in [7, 11) is 0. The van der Waals surface area contributed by atoms with E-state index >= 15 is 0 Å². The molecule has 3 N–H and O–H groups in total. The van der Waals surface area contributed by atoms with E-state index in [9.17, 15) is 4.79 Å². The van der Waals surface area contributed by atoms with Gasteiger partial charge in [0.1, 0.15) is 5.15 Å². The van der Waals surface area contributed by atoms with Crippen LogP contribution in [0.25, 0.3) is 10.9 Å². The molecule has 0 saturated heterocycles. The van der Waals surface area contributed by atoms with Gasteiger partial charge in [-0.1, -0.05) is 29.8 Å². The van der Waals surface area contributed by atoms with Crippen LogP contribution < -0.4 is 11.3 Å². The zero-order valence-electron chi connectivity index (χ0n) is 12.9. The number of fused-ring (bicyclic) bond motifs is 2. The van der Waals surface area contributed by atoms with Crippen molar-refractivity contribution >= 4 is 28.5 Å². The highest BCUT2D eigenvalue weighted by Crippen LogP contribution is 2.24. The van der Waals surface area contributed by atoms with Gasteiger partial charge in [0.05, 0.1) is 16.8 Å². The SMILES string of the molecule is Nc1nc2c(c(=O)[nH]1)CN(Cc1cc3ccccc3nc1Cl)CC2. The van der Waals surface area contributed by atoms with Crippen molar-refractivity contribution in [2.75, 3.05) is 12.3 Å². The number of nitrogens with one attached hydrogen (secondary N) is 1. The third-order valence-corrected chi connectivity index (χ3v) is 4.64. The number of aromatic amines is 1. The van der Waals surface area contributed by atoms with Crippen LogP contribution in [0.2, 0.25) is 5.15 Å². The topological polar surface area (TPSA) is 87.9 Å². The van der Waals surface area contributed by atoms with Crippen LogP contribution in [-0.4, -0.2) is 26.4 Å². The van der Waals surface area contributed by atoms with Gasteiger partial charge in [-0.2, -0.15) is 0 Å². The Hall–Kier alpha value is -2.44. The lowest BCUT2D eigenvalue weighted by atomic mass is 10.1. The second-order valence-corrected chi connectivity index (χ2v) is 6.33. The molecular weight excluding hydrogens is 326 g/mol. The van der Waals surface area contributed by atoms with Gasteiger partial charge < -0.3 is 5.73 Å². The van der Waals surface area contributed by atoms with E-state index in [2.05, 4.69) is 25.9 Å². The molecule has 6 nitrogen and oxygen atoms in total. The second-order valence-electron chi connectivity index (χ2n) is 5.97. The predicted octanol–water partition coefficient (Wildman–Crippen LogP) is 2.11. The number of benzene rings is 1. The molecule has 0 fully saturated rings. The van der Waals surface area contributed by atoms with E-state index in [-0.39, 0.29) is 11.5 Å². The van der Waals surface area contributed by atoms with Crippen LogP contribution in [0, 0.1) is 0 Å². The van der Waals surface area contributed by atoms with E-state index in [1.54, 1.807) is 0 Å². The average Bonchev–Trinajstić information content (AvgIpc) is 2.56. The fourth-order valence-corrected chi connectivity index (χ4v) is 3.33. The van der Waals surface area contributed by atoms with Crippen LogP contribution in [0.1, 0.15) is 16.8 Å². The van der Waals surface area contributed by atoms with Crippen molar-refractivity contribution in [3.05, 3.63) is 62.7 Å². The number of pyridine rings is 1. The van der Waals surface area contributed by atoms with E-state index in [4.69, 9.17) is 17.3 Å². The molecule has 0 aliphatic carbocycles. The third-order valence-electron chi connectivity index (χ3n) is 4.31. The minimum absolute atomic E-state index is 0.162. The quantitative estimate of drug-likeness (QED) is 0.697. The molecular formula is C17H16ClN5O. The van der Waals surface area contributed by atoms with Crippen LogP contribution in [0.4, 0.5) is 5.95 Å². The molecule has 0 bridgehead atoms. The Labute approximate surface area is 143 Å². The first-order valence-corrected chi connectivity index (χ1v) is 8.12. The van der Waals surface area contributed by atoms with E-state index in [0.717, 1.165) is 28.7 Å². The fourth-order valence-electron chi connectivity index (χ4n) is 3.12. The van der Waals surface area contributed by atoms with E-state index in [1.165, 1.54) is 0 Å². The lowest BCUT2D eigenvalue weighted by Crippen LogP contribution is -2.35. The third kappa shape index (κ3) is 2.74. The smallest absolute Gasteiger partial charge is 0.257 e. The van der Waals surface area contributed by atoms with Gasteiger partial charge in [-0.15, -0.1) is 0 Å². The Morgan fingerprint density at radius 1 is 1.29 bits per heavy atom. The predicted molar refractivity (Wildman–Crippen MR) is 93.8 cm³/mol. The second kappa shape index (κ2) is 5.89. The number of nitrogens with two attached hydrogens (primary N) is 1. The van der Waals surface area contributed by atoms with Crippen LogP contribution in [0.15, 0.2) is 35.1 Å². The maximum Gasteiger partial charge on any atom is 0.257 e. The van der Waals surface area contributed by atoms with E-state index in [0.29, 0.717) is 30.2 Å². The van der Waals surface area contributed by atoms with Crippen molar-refractivity contribution in [3.63, 3.8) is 0 Å². The summed E-state index contributed by atoms with van der Waals surface area (Å²) < 4.78 is 0. The molecule has 122 valence electrons. The molecule has 7 heteroatoms. The van der Waals surface area contributed by atoms with Gasteiger partial charge in [0.15, 0.2) is 0 Å². The normalized spacial score (nSPS) is 14.7. The molecule has 0 spiro atoms. The van der Waals surface area contributed by atoms with Gasteiger partial charge in [0, 0.05) is 37.0 Å². The molecule has 2 aromatic heterocycles. The first kappa shape index (κ1) is 15.1. The van der Waals surface area contributed by atoms with Gasteiger partial charge in [0.25, 0.3) is 5.56 Å². The Morgan fingerprint density at radius 3 is 3.00 bits per heavy atom. The summed E-state index contributed by atoms with van der Waals surface area (Å²) in [6, 6.07) is 9.95. The number of nitrogens with zero attached hydrogens (tertiary/aromatic N) is 3. The highest BCUT2D eigenvalue weighted by Gasteiger charge is 2.21. The molecule has 3 heterocycles. The number of aromatic nitrogens is 3. The van der Waals surface area contributed by atoms with Crippen LogP contribution in [0.5, 0.6) is 0 Å². The van der Waals surface area contributed by atoms with Crippen LogP contribution >= 0.6 is 11.6 Å². The molecule has 0 unspecified atom stereocenters. The largest absolute Gasteiger partial charge is 0.369 e. The molecule has 0 atom stereocenters. The van der Waals surface area contributed by atoms with Gasteiger partial charge >= 0.3 is 0 Å². The Balaban J connectivity index is 1.62. The fraction of sp³-hybridized carbons (Fsp3) is 0.235. The van der Waals surface area contributed by atoms with Crippen molar-refractivity contribution in [1.29, 1.82) is 0 Å². The Kier molecular flexibility index (Phi) is 3.70. The summed E-state index contributed by atoms with van der Waals surface area (Å²) in [5, 5.41) is 1.56. The summed E-state index contributed by atoms with van der Waals surface area (Å²) in [5.74, 6) is 0.175. The number of anilines is 1. The summed E-state index contributed by atoms with van der Waals surface area (Å²) in [6.45, 7) is 1.97. The molecule has 0 radical (unpaired) electrons. The Bertz CT molecular complexity index is 984. The standard InChI is InChI=1S/C17H16ClN5O/c18-15-11(7-10-3-1-2-4-13(10)20-15)8-23-6-5-14-12(9-23)16(24)22-17(19)21-14/h1-4,7H,5-6,8-9H2,(H3,19,21,22,24). The summed E-state index contributed by atoms with van der Waals surface area (Å²) in [4.78, 5) is 25.5. The van der Waals surface area contributed by atoms with Gasteiger partial charge in [-0.25, -0.2) is 9.97 Å². The van der Waals surface area contributed by atoms with Gasteiger partial charge in [-0.3, -0.25) is 14.7 Å².